The molecular weight excluding hydrogens is 262 g/mol. The molecule has 0 amide bonds. The number of hydrogen-bond acceptors (Lipinski definition) is 3. The standard InChI is InChI=1S/C18H27NO2/c1-2-21-18(20)14-19-13-17(15-9-5-3-6-10-15)16-11-7-4-8-12-16/h3,5-6,9-10,16-17,19H,2,4,7-8,11-14H2,1H3. The SMILES string of the molecule is CCOC(=O)CNCC(c1ccccc1)C1CCCCC1. The third kappa shape index (κ3) is 5.16. The quantitative estimate of drug-likeness (QED) is 0.781. The molecule has 1 aliphatic carbocycles. The largest absolute Gasteiger partial charge is 0.465 e. The Labute approximate surface area is 128 Å². The Hall–Kier alpha value is -1.35. The summed E-state index contributed by atoms with van der Waals surface area (Å²) in [5, 5.41) is 3.29. The molecule has 3 nitrogen and oxygen atoms in total. The molecule has 116 valence electrons. The Balaban J connectivity index is 1.94. The van der Waals surface area contributed by atoms with Crippen LogP contribution in [0, 0.1) is 5.92 Å². The fourth-order valence-electron chi connectivity index (χ4n) is 3.34. The second-order valence-corrected chi connectivity index (χ2v) is 5.85. The summed E-state index contributed by atoms with van der Waals surface area (Å²) in [4.78, 5) is 11.5. The van der Waals surface area contributed by atoms with Crippen molar-refractivity contribution >= 4 is 5.97 Å². The summed E-state index contributed by atoms with van der Waals surface area (Å²) in [7, 11) is 0. The molecule has 1 aliphatic rings. The van der Waals surface area contributed by atoms with E-state index in [0.29, 0.717) is 19.1 Å². The van der Waals surface area contributed by atoms with Crippen molar-refractivity contribution in [3.63, 3.8) is 0 Å². The topological polar surface area (TPSA) is 38.3 Å². The highest BCUT2D eigenvalue weighted by molar-refractivity contribution is 5.71. The van der Waals surface area contributed by atoms with Gasteiger partial charge in [-0.1, -0.05) is 49.6 Å². The molecule has 0 aliphatic heterocycles. The molecule has 1 aromatic carbocycles. The van der Waals surface area contributed by atoms with Crippen molar-refractivity contribution < 1.29 is 9.53 Å². The average molecular weight is 289 g/mol. The highest BCUT2D eigenvalue weighted by Crippen LogP contribution is 2.35. The minimum absolute atomic E-state index is 0.159. The summed E-state index contributed by atoms with van der Waals surface area (Å²) in [5.41, 5.74) is 1.39. The van der Waals surface area contributed by atoms with Gasteiger partial charge in [0.25, 0.3) is 0 Å². The van der Waals surface area contributed by atoms with Gasteiger partial charge in [0, 0.05) is 6.54 Å². The predicted molar refractivity (Wildman–Crippen MR) is 85.3 cm³/mol. The molecule has 1 unspecified atom stereocenters. The summed E-state index contributed by atoms with van der Waals surface area (Å²) in [6, 6.07) is 10.7. The maximum atomic E-state index is 11.5. The van der Waals surface area contributed by atoms with Crippen molar-refractivity contribution in [2.75, 3.05) is 19.7 Å². The van der Waals surface area contributed by atoms with Crippen molar-refractivity contribution in [3.8, 4) is 0 Å². The summed E-state index contributed by atoms with van der Waals surface area (Å²) in [6.45, 7) is 3.45. The maximum Gasteiger partial charge on any atom is 0.319 e. The van der Waals surface area contributed by atoms with Crippen LogP contribution < -0.4 is 5.32 Å². The maximum absolute atomic E-state index is 11.5. The Morgan fingerprint density at radius 3 is 2.62 bits per heavy atom. The number of rotatable bonds is 7. The van der Waals surface area contributed by atoms with E-state index in [9.17, 15) is 4.79 Å². The Kier molecular flexibility index (Phi) is 6.74. The lowest BCUT2D eigenvalue weighted by molar-refractivity contribution is -0.142. The van der Waals surface area contributed by atoms with Crippen molar-refractivity contribution in [3.05, 3.63) is 35.9 Å². The first-order chi connectivity index (χ1) is 10.3. The van der Waals surface area contributed by atoms with Gasteiger partial charge in [-0.2, -0.15) is 0 Å². The molecule has 2 rings (SSSR count). The molecule has 0 spiro atoms. The van der Waals surface area contributed by atoms with Gasteiger partial charge in [0.05, 0.1) is 13.2 Å². The van der Waals surface area contributed by atoms with E-state index in [1.54, 1.807) is 0 Å². The van der Waals surface area contributed by atoms with Gasteiger partial charge in [-0.15, -0.1) is 0 Å². The summed E-state index contributed by atoms with van der Waals surface area (Å²) >= 11 is 0. The van der Waals surface area contributed by atoms with E-state index in [1.807, 2.05) is 6.92 Å². The molecule has 0 saturated heterocycles. The van der Waals surface area contributed by atoms with Gasteiger partial charge in [0.15, 0.2) is 0 Å². The molecule has 0 aromatic heterocycles. The Bertz CT molecular complexity index is 412. The second-order valence-electron chi connectivity index (χ2n) is 5.85. The van der Waals surface area contributed by atoms with Crippen LogP contribution in [0.15, 0.2) is 30.3 Å². The van der Waals surface area contributed by atoms with E-state index >= 15 is 0 Å². The zero-order valence-electron chi connectivity index (χ0n) is 13.0. The van der Waals surface area contributed by atoms with Crippen molar-refractivity contribution in [2.45, 2.75) is 44.9 Å². The first kappa shape index (κ1) is 16.0. The highest BCUT2D eigenvalue weighted by atomic mass is 16.5. The van der Waals surface area contributed by atoms with Gasteiger partial charge in [0.2, 0.25) is 0 Å². The third-order valence-corrected chi connectivity index (χ3v) is 4.39. The normalized spacial score (nSPS) is 17.4. The number of esters is 1. The van der Waals surface area contributed by atoms with Gasteiger partial charge in [-0.25, -0.2) is 0 Å². The van der Waals surface area contributed by atoms with Crippen molar-refractivity contribution in [2.24, 2.45) is 5.92 Å². The Morgan fingerprint density at radius 2 is 1.95 bits per heavy atom. The van der Waals surface area contributed by atoms with Crippen LogP contribution >= 0.6 is 0 Å². The van der Waals surface area contributed by atoms with Crippen LogP contribution in [0.1, 0.15) is 50.5 Å². The van der Waals surface area contributed by atoms with E-state index in [4.69, 9.17) is 4.74 Å². The first-order valence-corrected chi connectivity index (χ1v) is 8.22. The van der Waals surface area contributed by atoms with Gasteiger partial charge in [-0.05, 0) is 37.2 Å². The molecule has 0 radical (unpaired) electrons. The molecule has 1 N–H and O–H groups in total. The van der Waals surface area contributed by atoms with E-state index in [-0.39, 0.29) is 5.97 Å². The third-order valence-electron chi connectivity index (χ3n) is 4.39. The molecule has 0 heterocycles. The number of benzene rings is 1. The van der Waals surface area contributed by atoms with Crippen LogP contribution in [-0.4, -0.2) is 25.7 Å². The molecule has 0 bridgehead atoms. The van der Waals surface area contributed by atoms with Crippen LogP contribution in [0.5, 0.6) is 0 Å². The van der Waals surface area contributed by atoms with Crippen LogP contribution in [0.25, 0.3) is 0 Å². The monoisotopic (exact) mass is 289 g/mol. The van der Waals surface area contributed by atoms with Crippen LogP contribution in [-0.2, 0) is 9.53 Å². The van der Waals surface area contributed by atoms with E-state index in [2.05, 4.69) is 35.6 Å². The number of carbonyl (C=O) groups is 1. The number of carbonyl (C=O) groups excluding carboxylic acids is 1. The highest BCUT2D eigenvalue weighted by Gasteiger charge is 2.24. The average Bonchev–Trinajstić information content (AvgIpc) is 2.53. The number of nitrogens with one attached hydrogen (secondary N) is 1. The molecule has 1 atom stereocenters. The van der Waals surface area contributed by atoms with Crippen molar-refractivity contribution in [1.29, 1.82) is 0 Å². The van der Waals surface area contributed by atoms with Crippen LogP contribution in [0.2, 0.25) is 0 Å². The zero-order valence-corrected chi connectivity index (χ0v) is 13.0. The van der Waals surface area contributed by atoms with E-state index < -0.39 is 0 Å². The minimum Gasteiger partial charge on any atom is -0.465 e. The van der Waals surface area contributed by atoms with Crippen LogP contribution in [0.3, 0.4) is 0 Å². The molecule has 21 heavy (non-hydrogen) atoms. The van der Waals surface area contributed by atoms with Crippen LogP contribution in [0.4, 0.5) is 0 Å². The molecule has 1 fully saturated rings. The number of ether oxygens (including phenoxy) is 1. The fraction of sp³-hybridized carbons (Fsp3) is 0.611. The van der Waals surface area contributed by atoms with Gasteiger partial charge in [-0.3, -0.25) is 4.79 Å². The lowest BCUT2D eigenvalue weighted by atomic mass is 9.77. The van der Waals surface area contributed by atoms with E-state index in [0.717, 1.165) is 12.5 Å². The molecular formula is C18H27NO2. The molecule has 1 saturated carbocycles. The molecule has 3 heteroatoms. The summed E-state index contributed by atoms with van der Waals surface area (Å²) < 4.78 is 4.97. The summed E-state index contributed by atoms with van der Waals surface area (Å²) in [6.07, 6.45) is 6.66. The van der Waals surface area contributed by atoms with E-state index in [1.165, 1.54) is 37.7 Å². The Morgan fingerprint density at radius 1 is 1.24 bits per heavy atom. The van der Waals surface area contributed by atoms with Gasteiger partial charge in [0.1, 0.15) is 0 Å². The summed E-state index contributed by atoms with van der Waals surface area (Å²) in [5.74, 6) is 1.07. The zero-order chi connectivity index (χ0) is 14.9. The first-order valence-electron chi connectivity index (χ1n) is 8.22. The van der Waals surface area contributed by atoms with Gasteiger partial charge < -0.3 is 10.1 Å². The lowest BCUT2D eigenvalue weighted by Crippen LogP contribution is -2.32. The second kappa shape index (κ2) is 8.83. The van der Waals surface area contributed by atoms with Crippen molar-refractivity contribution in [1.82, 2.24) is 5.32 Å². The fourth-order valence-corrected chi connectivity index (χ4v) is 3.34. The minimum atomic E-state index is -0.159. The lowest BCUT2D eigenvalue weighted by Gasteiger charge is -2.31. The predicted octanol–water partition coefficient (Wildman–Crippen LogP) is 3.50. The molecule has 1 aromatic rings. The number of hydrogen-bond donors (Lipinski definition) is 1. The van der Waals surface area contributed by atoms with Gasteiger partial charge >= 0.3 is 5.97 Å². The smallest absolute Gasteiger partial charge is 0.319 e.